The van der Waals surface area contributed by atoms with Gasteiger partial charge in [-0.2, -0.15) is 0 Å². The summed E-state index contributed by atoms with van der Waals surface area (Å²) in [6.07, 6.45) is 2.55. The Kier molecular flexibility index (Phi) is 4.02. The van der Waals surface area contributed by atoms with E-state index in [9.17, 15) is 5.11 Å². The second-order valence-corrected chi connectivity index (χ2v) is 4.79. The highest BCUT2D eigenvalue weighted by Gasteiger charge is 2.23. The molecule has 0 aromatic heterocycles. The summed E-state index contributed by atoms with van der Waals surface area (Å²) in [6, 6.07) is 6.33. The van der Waals surface area contributed by atoms with Crippen molar-refractivity contribution in [3.63, 3.8) is 0 Å². The van der Waals surface area contributed by atoms with Crippen LogP contribution < -0.4 is 10.1 Å². The molecular weight excluding hydrogens is 214 g/mol. The van der Waals surface area contributed by atoms with Crippen molar-refractivity contribution in [2.24, 2.45) is 0 Å². The zero-order valence-electron chi connectivity index (χ0n) is 10.6. The summed E-state index contributed by atoms with van der Waals surface area (Å²) in [5.41, 5.74) is 2.29. The van der Waals surface area contributed by atoms with E-state index in [-0.39, 0.29) is 12.1 Å². The lowest BCUT2D eigenvalue weighted by molar-refractivity contribution is 0.135. The molecule has 2 rings (SSSR count). The van der Waals surface area contributed by atoms with Crippen LogP contribution in [-0.2, 0) is 6.42 Å². The highest BCUT2D eigenvalue weighted by atomic mass is 16.5. The first kappa shape index (κ1) is 12.4. The summed E-state index contributed by atoms with van der Waals surface area (Å²) in [4.78, 5) is 0. The highest BCUT2D eigenvalue weighted by molar-refractivity contribution is 5.37. The van der Waals surface area contributed by atoms with Crippen LogP contribution in [0.3, 0.4) is 0 Å². The van der Waals surface area contributed by atoms with E-state index in [4.69, 9.17) is 4.74 Å². The molecule has 1 heterocycles. The average molecular weight is 235 g/mol. The van der Waals surface area contributed by atoms with Crippen LogP contribution in [0.4, 0.5) is 0 Å². The van der Waals surface area contributed by atoms with Crippen molar-refractivity contribution in [2.45, 2.75) is 38.3 Å². The van der Waals surface area contributed by atoms with E-state index < -0.39 is 0 Å². The highest BCUT2D eigenvalue weighted by Crippen LogP contribution is 2.23. The Hall–Kier alpha value is -1.06. The lowest BCUT2D eigenvalue weighted by Crippen LogP contribution is -2.36. The molecule has 2 unspecified atom stereocenters. The second kappa shape index (κ2) is 5.52. The molecule has 2 N–H and O–H groups in total. The third kappa shape index (κ3) is 2.99. The van der Waals surface area contributed by atoms with Gasteiger partial charge >= 0.3 is 0 Å². The van der Waals surface area contributed by atoms with Crippen LogP contribution in [0.15, 0.2) is 18.2 Å². The molecule has 1 aromatic carbocycles. The molecule has 3 heteroatoms. The summed E-state index contributed by atoms with van der Waals surface area (Å²) < 4.78 is 5.33. The summed E-state index contributed by atoms with van der Waals surface area (Å²) in [7, 11) is 1.67. The van der Waals surface area contributed by atoms with Crippen LogP contribution in [0.1, 0.15) is 24.0 Å². The van der Waals surface area contributed by atoms with Gasteiger partial charge in [-0.15, -0.1) is 0 Å². The van der Waals surface area contributed by atoms with E-state index in [1.807, 2.05) is 12.1 Å². The fourth-order valence-corrected chi connectivity index (χ4v) is 2.47. The van der Waals surface area contributed by atoms with E-state index in [1.54, 1.807) is 7.11 Å². The zero-order chi connectivity index (χ0) is 12.3. The molecule has 0 radical (unpaired) electrons. The number of ether oxygens (including phenoxy) is 1. The van der Waals surface area contributed by atoms with E-state index >= 15 is 0 Å². The third-order valence-corrected chi connectivity index (χ3v) is 3.43. The second-order valence-electron chi connectivity index (χ2n) is 4.79. The van der Waals surface area contributed by atoms with Crippen LogP contribution in [0.25, 0.3) is 0 Å². The molecule has 0 aliphatic carbocycles. The molecule has 0 bridgehead atoms. The molecule has 2 atom stereocenters. The quantitative estimate of drug-likeness (QED) is 0.834. The maximum Gasteiger partial charge on any atom is 0.122 e. The number of aryl methyl sites for hydroxylation is 1. The summed E-state index contributed by atoms with van der Waals surface area (Å²) in [5, 5.41) is 13.5. The first-order valence-electron chi connectivity index (χ1n) is 6.25. The van der Waals surface area contributed by atoms with Gasteiger partial charge in [0.2, 0.25) is 0 Å². The molecular formula is C14H21NO2. The molecule has 1 aliphatic rings. The van der Waals surface area contributed by atoms with Gasteiger partial charge in [0.05, 0.1) is 13.2 Å². The third-order valence-electron chi connectivity index (χ3n) is 3.43. The van der Waals surface area contributed by atoms with E-state index in [2.05, 4.69) is 18.3 Å². The minimum atomic E-state index is -0.326. The van der Waals surface area contributed by atoms with Crippen LogP contribution in [0.2, 0.25) is 0 Å². The largest absolute Gasteiger partial charge is 0.496 e. The maximum absolute atomic E-state index is 10.2. The van der Waals surface area contributed by atoms with Crippen LogP contribution in [0.5, 0.6) is 5.75 Å². The predicted molar refractivity (Wildman–Crippen MR) is 68.5 cm³/mol. The van der Waals surface area contributed by atoms with Crippen molar-refractivity contribution < 1.29 is 9.84 Å². The number of hydrogen-bond donors (Lipinski definition) is 2. The predicted octanol–water partition coefficient (Wildman–Crippen LogP) is 1.66. The molecule has 1 fully saturated rings. The summed E-state index contributed by atoms with van der Waals surface area (Å²) in [5.74, 6) is 0.868. The Morgan fingerprint density at radius 2 is 2.35 bits per heavy atom. The van der Waals surface area contributed by atoms with Gasteiger partial charge in [-0.3, -0.25) is 0 Å². The molecule has 0 spiro atoms. The SMILES string of the molecule is COc1ccc(C)cc1CC(O)C1CCCN1. The zero-order valence-corrected chi connectivity index (χ0v) is 10.6. The molecule has 1 saturated heterocycles. The molecule has 3 nitrogen and oxygen atoms in total. The van der Waals surface area contributed by atoms with Gasteiger partial charge in [-0.1, -0.05) is 17.7 Å². The molecule has 0 saturated carbocycles. The Bertz CT molecular complexity index is 372. The maximum atomic E-state index is 10.2. The normalized spacial score (nSPS) is 21.5. The summed E-state index contributed by atoms with van der Waals surface area (Å²) in [6.45, 7) is 3.08. The van der Waals surface area contributed by atoms with Gasteiger partial charge < -0.3 is 15.2 Å². The minimum Gasteiger partial charge on any atom is -0.496 e. The van der Waals surface area contributed by atoms with E-state index in [0.717, 1.165) is 30.7 Å². The lowest BCUT2D eigenvalue weighted by atomic mass is 9.99. The first-order chi connectivity index (χ1) is 8.20. The van der Waals surface area contributed by atoms with Crippen molar-refractivity contribution in [2.75, 3.05) is 13.7 Å². The smallest absolute Gasteiger partial charge is 0.122 e. The van der Waals surface area contributed by atoms with Crippen molar-refractivity contribution in [1.29, 1.82) is 0 Å². The van der Waals surface area contributed by atoms with Gasteiger partial charge in [0.25, 0.3) is 0 Å². The number of aliphatic hydroxyl groups excluding tert-OH is 1. The molecule has 1 aromatic rings. The number of aliphatic hydroxyl groups is 1. The lowest BCUT2D eigenvalue weighted by Gasteiger charge is -2.19. The van der Waals surface area contributed by atoms with Crippen molar-refractivity contribution >= 4 is 0 Å². The van der Waals surface area contributed by atoms with E-state index in [0.29, 0.717) is 6.42 Å². The topological polar surface area (TPSA) is 41.5 Å². The van der Waals surface area contributed by atoms with Crippen molar-refractivity contribution in [1.82, 2.24) is 5.32 Å². The van der Waals surface area contributed by atoms with Gasteiger partial charge in [-0.05, 0) is 37.9 Å². The van der Waals surface area contributed by atoms with E-state index in [1.165, 1.54) is 5.56 Å². The van der Waals surface area contributed by atoms with Crippen molar-refractivity contribution in [3.05, 3.63) is 29.3 Å². The molecule has 17 heavy (non-hydrogen) atoms. The number of hydrogen-bond acceptors (Lipinski definition) is 3. The number of benzene rings is 1. The van der Waals surface area contributed by atoms with Crippen LogP contribution in [-0.4, -0.2) is 30.9 Å². The summed E-state index contributed by atoms with van der Waals surface area (Å²) >= 11 is 0. The number of nitrogens with one attached hydrogen (secondary N) is 1. The van der Waals surface area contributed by atoms with Crippen molar-refractivity contribution in [3.8, 4) is 5.75 Å². The molecule has 0 amide bonds. The van der Waals surface area contributed by atoms with Gasteiger partial charge in [0, 0.05) is 12.5 Å². The van der Waals surface area contributed by atoms with Crippen LogP contribution in [0, 0.1) is 6.92 Å². The Morgan fingerprint density at radius 1 is 1.53 bits per heavy atom. The molecule has 1 aliphatic heterocycles. The number of methoxy groups -OCH3 is 1. The van der Waals surface area contributed by atoms with Gasteiger partial charge in [0.1, 0.15) is 5.75 Å². The standard InChI is InChI=1S/C14H21NO2/c1-10-5-6-14(17-2)11(8-10)9-13(16)12-4-3-7-15-12/h5-6,8,12-13,15-16H,3-4,7,9H2,1-2H3. The minimum absolute atomic E-state index is 0.236. The Morgan fingerprint density at radius 3 is 3.00 bits per heavy atom. The van der Waals surface area contributed by atoms with Gasteiger partial charge in [-0.25, -0.2) is 0 Å². The Balaban J connectivity index is 2.08. The first-order valence-corrected chi connectivity index (χ1v) is 6.25. The Labute approximate surface area is 103 Å². The van der Waals surface area contributed by atoms with Gasteiger partial charge in [0.15, 0.2) is 0 Å². The van der Waals surface area contributed by atoms with Crippen LogP contribution >= 0.6 is 0 Å². The molecule has 94 valence electrons. The fourth-order valence-electron chi connectivity index (χ4n) is 2.47. The monoisotopic (exact) mass is 235 g/mol. The number of rotatable bonds is 4. The fraction of sp³-hybridized carbons (Fsp3) is 0.571. The average Bonchev–Trinajstić information content (AvgIpc) is 2.83.